The van der Waals surface area contributed by atoms with Gasteiger partial charge in [-0.15, -0.1) is 0 Å². The van der Waals surface area contributed by atoms with Crippen LogP contribution in [0.3, 0.4) is 0 Å². The zero-order chi connectivity index (χ0) is 13.1. The number of aliphatic hydroxyl groups is 1. The van der Waals surface area contributed by atoms with Crippen LogP contribution in [-0.2, 0) is 0 Å². The van der Waals surface area contributed by atoms with Crippen LogP contribution in [0.4, 0.5) is 5.95 Å². The number of hydrogen-bond acceptors (Lipinski definition) is 5. The Morgan fingerprint density at radius 3 is 2.32 bits per heavy atom. The molecule has 0 bridgehead atoms. The number of anilines is 1. The molecule has 2 aliphatic rings. The molecule has 104 valence electrons. The lowest BCUT2D eigenvalue weighted by molar-refractivity contribution is 0.00796. The minimum Gasteiger partial charge on any atom is -0.389 e. The summed E-state index contributed by atoms with van der Waals surface area (Å²) in [4.78, 5) is 13.2. The second-order valence-corrected chi connectivity index (χ2v) is 5.74. The van der Waals surface area contributed by atoms with E-state index in [1.807, 2.05) is 6.07 Å². The van der Waals surface area contributed by atoms with Crippen LogP contribution >= 0.6 is 0 Å². The summed E-state index contributed by atoms with van der Waals surface area (Å²) in [5.41, 5.74) is -0.425. The standard InChI is InChI=1S/C14H22N4O/c19-14(4-1-2-5-14)12-17-8-10-18(11-9-17)13-15-6-3-7-16-13/h3,6-7,19H,1-2,4-5,8-12H2. The number of β-amino-alcohol motifs (C(OH)–C–C–N with tert-alkyl or cyclic N) is 1. The maximum absolute atomic E-state index is 10.4. The second-order valence-electron chi connectivity index (χ2n) is 5.74. The molecule has 0 atom stereocenters. The molecule has 1 aliphatic carbocycles. The highest BCUT2D eigenvalue weighted by atomic mass is 16.3. The molecule has 1 aliphatic heterocycles. The monoisotopic (exact) mass is 262 g/mol. The lowest BCUT2D eigenvalue weighted by Crippen LogP contribution is -2.51. The minimum atomic E-state index is -0.425. The topological polar surface area (TPSA) is 52.5 Å². The van der Waals surface area contributed by atoms with Gasteiger partial charge in [0.2, 0.25) is 5.95 Å². The van der Waals surface area contributed by atoms with Crippen LogP contribution in [0.15, 0.2) is 18.5 Å². The highest BCUT2D eigenvalue weighted by molar-refractivity contribution is 5.29. The Morgan fingerprint density at radius 2 is 1.68 bits per heavy atom. The van der Waals surface area contributed by atoms with Gasteiger partial charge in [-0.2, -0.15) is 0 Å². The first-order chi connectivity index (χ1) is 9.25. The number of aromatic nitrogens is 2. The normalized spacial score (nSPS) is 23.7. The van der Waals surface area contributed by atoms with Gasteiger partial charge in [-0.1, -0.05) is 12.8 Å². The zero-order valence-electron chi connectivity index (χ0n) is 11.3. The van der Waals surface area contributed by atoms with E-state index in [-0.39, 0.29) is 0 Å². The summed E-state index contributed by atoms with van der Waals surface area (Å²) >= 11 is 0. The summed E-state index contributed by atoms with van der Waals surface area (Å²) in [5.74, 6) is 0.821. The van der Waals surface area contributed by atoms with Gasteiger partial charge >= 0.3 is 0 Å². The molecule has 2 fully saturated rings. The summed E-state index contributed by atoms with van der Waals surface area (Å²) in [5, 5.41) is 10.4. The van der Waals surface area contributed by atoms with E-state index in [0.29, 0.717) is 0 Å². The predicted molar refractivity (Wildman–Crippen MR) is 74.1 cm³/mol. The van der Waals surface area contributed by atoms with Crippen molar-refractivity contribution in [2.45, 2.75) is 31.3 Å². The largest absolute Gasteiger partial charge is 0.389 e. The molecule has 1 saturated heterocycles. The second kappa shape index (κ2) is 5.43. The van der Waals surface area contributed by atoms with E-state index in [1.54, 1.807) is 12.4 Å². The van der Waals surface area contributed by atoms with Crippen LogP contribution < -0.4 is 4.90 Å². The van der Waals surface area contributed by atoms with Crippen molar-refractivity contribution in [2.75, 3.05) is 37.6 Å². The molecular formula is C14H22N4O. The van der Waals surface area contributed by atoms with Gasteiger partial charge < -0.3 is 10.0 Å². The Bertz CT molecular complexity index is 397. The van der Waals surface area contributed by atoms with Gasteiger partial charge in [0.05, 0.1) is 5.60 Å². The van der Waals surface area contributed by atoms with Crippen molar-refractivity contribution in [3.63, 3.8) is 0 Å². The molecule has 1 saturated carbocycles. The Kier molecular flexibility index (Phi) is 3.66. The number of piperazine rings is 1. The number of nitrogens with zero attached hydrogens (tertiary/aromatic N) is 4. The third-order valence-corrected chi connectivity index (χ3v) is 4.26. The molecule has 1 N–H and O–H groups in total. The Hall–Kier alpha value is -1.20. The van der Waals surface area contributed by atoms with Crippen LogP contribution in [0.2, 0.25) is 0 Å². The van der Waals surface area contributed by atoms with Gasteiger partial charge in [-0.25, -0.2) is 9.97 Å². The summed E-state index contributed by atoms with van der Waals surface area (Å²) in [6.07, 6.45) is 7.86. The Labute approximate surface area is 114 Å². The quantitative estimate of drug-likeness (QED) is 0.877. The van der Waals surface area contributed by atoms with Crippen molar-refractivity contribution in [1.29, 1.82) is 0 Å². The number of hydrogen-bond donors (Lipinski definition) is 1. The van der Waals surface area contributed by atoms with E-state index in [0.717, 1.165) is 51.5 Å². The van der Waals surface area contributed by atoms with Gasteiger partial charge in [0, 0.05) is 45.1 Å². The molecule has 0 amide bonds. The van der Waals surface area contributed by atoms with Crippen LogP contribution in [0, 0.1) is 0 Å². The molecule has 0 aromatic carbocycles. The maximum atomic E-state index is 10.4. The fraction of sp³-hybridized carbons (Fsp3) is 0.714. The van der Waals surface area contributed by atoms with Crippen molar-refractivity contribution in [3.05, 3.63) is 18.5 Å². The lowest BCUT2D eigenvalue weighted by Gasteiger charge is -2.38. The molecule has 0 radical (unpaired) electrons. The zero-order valence-corrected chi connectivity index (χ0v) is 11.3. The third kappa shape index (κ3) is 3.04. The fourth-order valence-corrected chi connectivity index (χ4v) is 3.17. The first-order valence-corrected chi connectivity index (χ1v) is 7.22. The van der Waals surface area contributed by atoms with Crippen LogP contribution in [0.25, 0.3) is 0 Å². The van der Waals surface area contributed by atoms with E-state index in [9.17, 15) is 5.11 Å². The van der Waals surface area contributed by atoms with Gasteiger partial charge in [0.25, 0.3) is 0 Å². The van der Waals surface area contributed by atoms with Crippen molar-refractivity contribution in [3.8, 4) is 0 Å². The molecular weight excluding hydrogens is 240 g/mol. The molecule has 5 nitrogen and oxygen atoms in total. The molecule has 0 spiro atoms. The lowest BCUT2D eigenvalue weighted by atomic mass is 10.0. The van der Waals surface area contributed by atoms with Gasteiger partial charge in [0.1, 0.15) is 0 Å². The highest BCUT2D eigenvalue weighted by Gasteiger charge is 2.34. The molecule has 5 heteroatoms. The third-order valence-electron chi connectivity index (χ3n) is 4.26. The molecule has 1 aromatic heterocycles. The van der Waals surface area contributed by atoms with Crippen molar-refractivity contribution >= 4 is 5.95 Å². The summed E-state index contributed by atoms with van der Waals surface area (Å²) in [6.45, 7) is 4.69. The van der Waals surface area contributed by atoms with E-state index >= 15 is 0 Å². The molecule has 0 unspecified atom stereocenters. The maximum Gasteiger partial charge on any atom is 0.225 e. The van der Waals surface area contributed by atoms with E-state index in [1.165, 1.54) is 12.8 Å². The summed E-state index contributed by atoms with van der Waals surface area (Å²) in [7, 11) is 0. The SMILES string of the molecule is OC1(CN2CCN(c3ncccn3)CC2)CCCC1. The van der Waals surface area contributed by atoms with E-state index in [4.69, 9.17) is 0 Å². The first kappa shape index (κ1) is 12.8. The first-order valence-electron chi connectivity index (χ1n) is 7.22. The van der Waals surface area contributed by atoms with Crippen molar-refractivity contribution in [2.24, 2.45) is 0 Å². The average molecular weight is 262 g/mol. The summed E-state index contributed by atoms with van der Waals surface area (Å²) < 4.78 is 0. The molecule has 1 aromatic rings. The summed E-state index contributed by atoms with van der Waals surface area (Å²) in [6, 6.07) is 1.84. The molecule has 19 heavy (non-hydrogen) atoms. The molecule has 2 heterocycles. The smallest absolute Gasteiger partial charge is 0.225 e. The highest BCUT2D eigenvalue weighted by Crippen LogP contribution is 2.30. The van der Waals surface area contributed by atoms with Crippen molar-refractivity contribution in [1.82, 2.24) is 14.9 Å². The van der Waals surface area contributed by atoms with Crippen LogP contribution in [-0.4, -0.2) is 58.3 Å². The molecule has 3 rings (SSSR count). The van der Waals surface area contributed by atoms with Crippen LogP contribution in [0.1, 0.15) is 25.7 Å². The van der Waals surface area contributed by atoms with E-state index in [2.05, 4.69) is 19.8 Å². The average Bonchev–Trinajstić information content (AvgIpc) is 2.87. The van der Waals surface area contributed by atoms with Crippen molar-refractivity contribution < 1.29 is 5.11 Å². The van der Waals surface area contributed by atoms with Gasteiger partial charge in [-0.05, 0) is 18.9 Å². The van der Waals surface area contributed by atoms with Crippen LogP contribution in [0.5, 0.6) is 0 Å². The van der Waals surface area contributed by atoms with E-state index < -0.39 is 5.60 Å². The predicted octanol–water partition coefficient (Wildman–Crippen LogP) is 0.904. The number of rotatable bonds is 3. The van der Waals surface area contributed by atoms with Gasteiger partial charge in [-0.3, -0.25) is 4.90 Å². The fourth-order valence-electron chi connectivity index (χ4n) is 3.17. The van der Waals surface area contributed by atoms with Gasteiger partial charge in [0.15, 0.2) is 0 Å². The minimum absolute atomic E-state index is 0.425. The Morgan fingerprint density at radius 1 is 1.05 bits per heavy atom. The Balaban J connectivity index is 1.52.